The lowest BCUT2D eigenvalue weighted by Crippen LogP contribution is -2.44. The second-order valence-electron chi connectivity index (χ2n) is 6.96. The lowest BCUT2D eigenvalue weighted by Gasteiger charge is -2.37. The summed E-state index contributed by atoms with van der Waals surface area (Å²) in [4.78, 5) is 7.11. The van der Waals surface area contributed by atoms with Crippen molar-refractivity contribution in [3.63, 3.8) is 0 Å². The van der Waals surface area contributed by atoms with Crippen LogP contribution in [-0.2, 0) is 19.4 Å². The molecule has 0 unspecified atom stereocenters. The highest BCUT2D eigenvalue weighted by Gasteiger charge is 2.30. The van der Waals surface area contributed by atoms with Gasteiger partial charge in [-0.3, -0.25) is 4.90 Å². The minimum atomic E-state index is 0.726. The van der Waals surface area contributed by atoms with Gasteiger partial charge in [0.1, 0.15) is 5.82 Å². The molecule has 0 N–H and O–H groups in total. The highest BCUT2D eigenvalue weighted by Crippen LogP contribution is 2.29. The molecule has 0 bridgehead atoms. The van der Waals surface area contributed by atoms with E-state index >= 15 is 0 Å². The highest BCUT2D eigenvalue weighted by molar-refractivity contribution is 5.33. The lowest BCUT2D eigenvalue weighted by atomic mass is 9.96. The Morgan fingerprint density at radius 2 is 1.95 bits per heavy atom. The first-order valence-corrected chi connectivity index (χ1v) is 8.58. The van der Waals surface area contributed by atoms with Crippen LogP contribution in [-0.4, -0.2) is 33.6 Å². The van der Waals surface area contributed by atoms with Crippen molar-refractivity contribution in [2.24, 2.45) is 5.92 Å². The summed E-state index contributed by atoms with van der Waals surface area (Å²) in [6.07, 6.45) is 9.22. The smallest absolute Gasteiger partial charge is 0.105 e. The fourth-order valence-corrected chi connectivity index (χ4v) is 4.25. The van der Waals surface area contributed by atoms with Gasteiger partial charge in [0.15, 0.2) is 0 Å². The Labute approximate surface area is 133 Å². The predicted molar refractivity (Wildman–Crippen MR) is 88.9 cm³/mol. The molecule has 1 aliphatic carbocycles. The second-order valence-corrected chi connectivity index (χ2v) is 6.96. The summed E-state index contributed by atoms with van der Waals surface area (Å²) in [6.45, 7) is 5.75. The van der Waals surface area contributed by atoms with Crippen molar-refractivity contribution in [3.05, 3.63) is 53.6 Å². The molecule has 1 aliphatic heterocycles. The van der Waals surface area contributed by atoms with Crippen LogP contribution in [0.1, 0.15) is 29.8 Å². The summed E-state index contributed by atoms with van der Waals surface area (Å²) in [5.41, 5.74) is 3.14. The molecular weight excluding hydrogens is 270 g/mol. The summed E-state index contributed by atoms with van der Waals surface area (Å²) < 4.78 is 2.32. The molecule has 22 heavy (non-hydrogen) atoms. The van der Waals surface area contributed by atoms with Gasteiger partial charge in [0.25, 0.3) is 0 Å². The molecule has 3 nitrogen and oxygen atoms in total. The lowest BCUT2D eigenvalue weighted by molar-refractivity contribution is 0.118. The molecule has 116 valence electrons. The first kappa shape index (κ1) is 14.0. The van der Waals surface area contributed by atoms with Crippen LogP contribution in [0, 0.1) is 12.8 Å². The number of nitrogens with zero attached hydrogens (tertiary/aromatic N) is 3. The first-order chi connectivity index (χ1) is 10.8. The number of fused-ring (bicyclic) bond motifs is 1. The van der Waals surface area contributed by atoms with Crippen molar-refractivity contribution < 1.29 is 0 Å². The van der Waals surface area contributed by atoms with Gasteiger partial charge in [-0.05, 0) is 56.2 Å². The fraction of sp³-hybridized carbons (Fsp3) is 0.526. The maximum atomic E-state index is 4.36. The molecule has 2 aliphatic rings. The summed E-state index contributed by atoms with van der Waals surface area (Å²) in [5.74, 6) is 1.91. The van der Waals surface area contributed by atoms with Crippen LogP contribution < -0.4 is 0 Å². The first-order valence-electron chi connectivity index (χ1n) is 8.58. The van der Waals surface area contributed by atoms with E-state index in [9.17, 15) is 0 Å². The zero-order valence-electron chi connectivity index (χ0n) is 13.4. The van der Waals surface area contributed by atoms with Crippen molar-refractivity contribution in [1.29, 1.82) is 0 Å². The van der Waals surface area contributed by atoms with E-state index in [1.165, 1.54) is 38.8 Å². The predicted octanol–water partition coefficient (Wildman–Crippen LogP) is 3.07. The largest absolute Gasteiger partial charge is 0.335 e. The number of rotatable bonds is 3. The Bertz CT molecular complexity index is 621. The van der Waals surface area contributed by atoms with Gasteiger partial charge in [0, 0.05) is 31.5 Å². The third kappa shape index (κ3) is 2.70. The molecule has 0 amide bonds. The molecule has 3 heteroatoms. The van der Waals surface area contributed by atoms with Gasteiger partial charge >= 0.3 is 0 Å². The number of hydrogen-bond donors (Lipinski definition) is 0. The Hall–Kier alpha value is -1.61. The van der Waals surface area contributed by atoms with E-state index in [4.69, 9.17) is 0 Å². The second kappa shape index (κ2) is 5.88. The van der Waals surface area contributed by atoms with E-state index in [0.29, 0.717) is 0 Å². The number of aromatic nitrogens is 2. The summed E-state index contributed by atoms with van der Waals surface area (Å²) in [5, 5.41) is 0. The van der Waals surface area contributed by atoms with E-state index in [2.05, 4.69) is 51.8 Å². The topological polar surface area (TPSA) is 21.1 Å². The van der Waals surface area contributed by atoms with Crippen LogP contribution >= 0.6 is 0 Å². The minimum absolute atomic E-state index is 0.726. The number of likely N-dealkylation sites (tertiary alicyclic amines) is 1. The van der Waals surface area contributed by atoms with Crippen molar-refractivity contribution in [1.82, 2.24) is 14.5 Å². The van der Waals surface area contributed by atoms with E-state index in [1.54, 1.807) is 11.1 Å². The van der Waals surface area contributed by atoms with Crippen LogP contribution in [0.3, 0.4) is 0 Å². The minimum Gasteiger partial charge on any atom is -0.335 e. The molecule has 2 aromatic rings. The number of hydrogen-bond acceptors (Lipinski definition) is 2. The monoisotopic (exact) mass is 295 g/mol. The van der Waals surface area contributed by atoms with Crippen LogP contribution in [0.4, 0.5) is 0 Å². The summed E-state index contributed by atoms with van der Waals surface area (Å²) in [7, 11) is 0. The van der Waals surface area contributed by atoms with Crippen LogP contribution in [0.5, 0.6) is 0 Å². The van der Waals surface area contributed by atoms with Crippen molar-refractivity contribution in [3.8, 4) is 0 Å². The van der Waals surface area contributed by atoms with Gasteiger partial charge in [-0.1, -0.05) is 24.3 Å². The molecule has 1 atom stereocenters. The quantitative estimate of drug-likeness (QED) is 0.868. The van der Waals surface area contributed by atoms with E-state index < -0.39 is 0 Å². The van der Waals surface area contributed by atoms with Gasteiger partial charge in [-0.2, -0.15) is 0 Å². The Balaban J connectivity index is 1.41. The number of aryl methyl sites for hydroxylation is 1. The molecule has 1 aromatic carbocycles. The Kier molecular flexibility index (Phi) is 3.75. The third-order valence-electron chi connectivity index (χ3n) is 5.47. The molecule has 0 spiro atoms. The molecule has 0 radical (unpaired) electrons. The number of imidazole rings is 1. The molecular formula is C19H25N3. The van der Waals surface area contributed by atoms with E-state index in [1.807, 2.05) is 6.20 Å². The molecule has 0 saturated carbocycles. The zero-order valence-corrected chi connectivity index (χ0v) is 13.4. The van der Waals surface area contributed by atoms with Crippen LogP contribution in [0.2, 0.25) is 0 Å². The van der Waals surface area contributed by atoms with Crippen molar-refractivity contribution in [2.75, 3.05) is 13.1 Å². The molecule has 1 fully saturated rings. The van der Waals surface area contributed by atoms with Crippen LogP contribution in [0.15, 0.2) is 36.7 Å². The van der Waals surface area contributed by atoms with Crippen molar-refractivity contribution in [2.45, 2.75) is 45.2 Å². The summed E-state index contributed by atoms with van der Waals surface area (Å²) in [6, 6.07) is 9.71. The molecule has 1 saturated heterocycles. The molecule has 4 rings (SSSR count). The van der Waals surface area contributed by atoms with Gasteiger partial charge in [-0.25, -0.2) is 4.98 Å². The highest BCUT2D eigenvalue weighted by atomic mass is 15.2. The summed E-state index contributed by atoms with van der Waals surface area (Å²) >= 11 is 0. The Morgan fingerprint density at radius 3 is 2.64 bits per heavy atom. The average molecular weight is 295 g/mol. The van der Waals surface area contributed by atoms with Gasteiger partial charge in [0.05, 0.1) is 0 Å². The van der Waals surface area contributed by atoms with Crippen molar-refractivity contribution >= 4 is 0 Å². The molecule has 1 aromatic heterocycles. The zero-order chi connectivity index (χ0) is 14.9. The average Bonchev–Trinajstić information content (AvgIpc) is 3.14. The normalized spacial score (nSPS) is 22.9. The van der Waals surface area contributed by atoms with Gasteiger partial charge < -0.3 is 4.57 Å². The number of benzene rings is 1. The Morgan fingerprint density at radius 1 is 1.18 bits per heavy atom. The van der Waals surface area contributed by atoms with Crippen LogP contribution in [0.25, 0.3) is 0 Å². The van der Waals surface area contributed by atoms with Gasteiger partial charge in [0.2, 0.25) is 0 Å². The SMILES string of the molecule is Cc1nccn1C[C@@H]1CCCN(C2Cc3ccccc3C2)C1. The maximum absolute atomic E-state index is 4.36. The fourth-order valence-electron chi connectivity index (χ4n) is 4.25. The third-order valence-corrected chi connectivity index (χ3v) is 5.47. The standard InChI is InChI=1S/C19H25N3/c1-15-20-8-10-21(15)13-16-5-4-9-22(14-16)19-11-17-6-2-3-7-18(17)12-19/h2-3,6-8,10,16,19H,4-5,9,11-14H2,1H3/t16-/m0/s1. The van der Waals surface area contributed by atoms with Gasteiger partial charge in [-0.15, -0.1) is 0 Å². The molecule has 2 heterocycles. The van der Waals surface area contributed by atoms with E-state index in [0.717, 1.165) is 24.3 Å². The maximum Gasteiger partial charge on any atom is 0.105 e. The number of piperidine rings is 1. The van der Waals surface area contributed by atoms with E-state index in [-0.39, 0.29) is 0 Å².